The van der Waals surface area contributed by atoms with E-state index in [-0.39, 0.29) is 5.97 Å². The summed E-state index contributed by atoms with van der Waals surface area (Å²) in [6.45, 7) is 3.85. The number of esters is 1. The van der Waals surface area contributed by atoms with Crippen LogP contribution < -0.4 is 0 Å². The third-order valence-corrected chi connectivity index (χ3v) is 2.43. The molecule has 1 aromatic heterocycles. The molecule has 4 heteroatoms. The molecule has 0 aliphatic carbocycles. The minimum absolute atomic E-state index is 0.326. The lowest BCUT2D eigenvalue weighted by Gasteiger charge is -2.02. The highest BCUT2D eigenvalue weighted by Crippen LogP contribution is 2.11. The van der Waals surface area contributed by atoms with Crippen LogP contribution >= 0.6 is 0 Å². The Balaban J connectivity index is 2.31. The van der Waals surface area contributed by atoms with Crippen LogP contribution in [0, 0.1) is 0 Å². The Morgan fingerprint density at radius 1 is 1.33 bits per heavy atom. The number of hydrogen-bond acceptors (Lipinski definition) is 4. The number of hydrogen-bond donors (Lipinski definition) is 0. The summed E-state index contributed by atoms with van der Waals surface area (Å²) in [6.07, 6.45) is 3.32. The van der Waals surface area contributed by atoms with Crippen molar-refractivity contribution in [2.24, 2.45) is 0 Å². The van der Waals surface area contributed by atoms with Gasteiger partial charge in [0.2, 0.25) is 0 Å². The highest BCUT2D eigenvalue weighted by Gasteiger charge is 2.05. The van der Waals surface area contributed by atoms with Gasteiger partial charge in [0.15, 0.2) is 0 Å². The van der Waals surface area contributed by atoms with Crippen LogP contribution in [0.4, 0.5) is 0 Å². The zero-order valence-corrected chi connectivity index (χ0v) is 10.4. The molecule has 2 aromatic rings. The molecule has 1 heterocycles. The van der Waals surface area contributed by atoms with E-state index in [1.54, 1.807) is 26.1 Å². The molecule has 0 fully saturated rings. The second-order valence-corrected chi connectivity index (χ2v) is 3.83. The van der Waals surface area contributed by atoms with Crippen LogP contribution in [-0.2, 0) is 9.53 Å². The number of ether oxygens (including phenoxy) is 1. The molecule has 0 N–H and O–H groups in total. The molecule has 0 unspecified atom stereocenters. The predicted molar refractivity (Wildman–Crippen MR) is 69.8 cm³/mol. The maximum atomic E-state index is 11.5. The minimum atomic E-state index is -0.326. The normalized spacial score (nSPS) is 11.6. The number of nitrogens with zero attached hydrogens (tertiary/aromatic N) is 2. The summed E-state index contributed by atoms with van der Waals surface area (Å²) in [6, 6.07) is 7.60. The van der Waals surface area contributed by atoms with Gasteiger partial charge in [0.25, 0.3) is 0 Å². The minimum Gasteiger partial charge on any atom is -0.463 e. The fourth-order valence-electron chi connectivity index (χ4n) is 1.57. The smallest absolute Gasteiger partial charge is 0.333 e. The summed E-state index contributed by atoms with van der Waals surface area (Å²) in [5, 5.41) is 0. The van der Waals surface area contributed by atoms with Crippen molar-refractivity contribution in [1.29, 1.82) is 0 Å². The van der Waals surface area contributed by atoms with Crippen LogP contribution in [0.2, 0.25) is 0 Å². The Morgan fingerprint density at radius 2 is 2.06 bits per heavy atom. The predicted octanol–water partition coefficient (Wildman–Crippen LogP) is 2.60. The molecule has 0 radical (unpaired) electrons. The number of fused-ring (bicyclic) bond motifs is 1. The summed E-state index contributed by atoms with van der Waals surface area (Å²) in [5.74, 6) is -0.326. The van der Waals surface area contributed by atoms with E-state index in [1.165, 1.54) is 0 Å². The van der Waals surface area contributed by atoms with Gasteiger partial charge in [-0.3, -0.25) is 4.98 Å². The molecular formula is C14H14N2O2. The second kappa shape index (κ2) is 5.40. The third kappa shape index (κ3) is 2.71. The Morgan fingerprint density at radius 3 is 2.78 bits per heavy atom. The molecule has 0 saturated carbocycles. The van der Waals surface area contributed by atoms with Crippen molar-refractivity contribution in [1.82, 2.24) is 9.97 Å². The zero-order chi connectivity index (χ0) is 13.0. The van der Waals surface area contributed by atoms with Crippen molar-refractivity contribution in [3.05, 3.63) is 41.7 Å². The number of benzene rings is 1. The van der Waals surface area contributed by atoms with E-state index in [9.17, 15) is 4.79 Å². The lowest BCUT2D eigenvalue weighted by Crippen LogP contribution is -2.05. The van der Waals surface area contributed by atoms with E-state index in [0.717, 1.165) is 11.0 Å². The van der Waals surface area contributed by atoms with Crippen LogP contribution in [0.25, 0.3) is 17.1 Å². The van der Waals surface area contributed by atoms with Gasteiger partial charge >= 0.3 is 5.97 Å². The molecular weight excluding hydrogens is 228 g/mol. The van der Waals surface area contributed by atoms with Crippen LogP contribution in [0.15, 0.2) is 36.0 Å². The third-order valence-electron chi connectivity index (χ3n) is 2.43. The molecule has 0 aliphatic heterocycles. The second-order valence-electron chi connectivity index (χ2n) is 3.83. The van der Waals surface area contributed by atoms with Gasteiger partial charge in [-0.1, -0.05) is 12.1 Å². The van der Waals surface area contributed by atoms with Crippen molar-refractivity contribution in [3.8, 4) is 0 Å². The molecule has 0 saturated heterocycles. The van der Waals surface area contributed by atoms with E-state index in [2.05, 4.69) is 9.97 Å². The highest BCUT2D eigenvalue weighted by atomic mass is 16.5. The van der Waals surface area contributed by atoms with Crippen molar-refractivity contribution >= 4 is 23.1 Å². The van der Waals surface area contributed by atoms with Crippen LogP contribution in [-0.4, -0.2) is 22.5 Å². The molecule has 1 aromatic carbocycles. The van der Waals surface area contributed by atoms with Gasteiger partial charge in [-0.05, 0) is 32.1 Å². The maximum Gasteiger partial charge on any atom is 0.333 e. The topological polar surface area (TPSA) is 52.1 Å². The number of aromatic nitrogens is 2. The summed E-state index contributed by atoms with van der Waals surface area (Å²) in [5.41, 5.74) is 2.81. The number of rotatable bonds is 3. The molecule has 0 spiro atoms. The lowest BCUT2D eigenvalue weighted by molar-refractivity contribution is -0.138. The summed E-state index contributed by atoms with van der Waals surface area (Å²) in [7, 11) is 0. The van der Waals surface area contributed by atoms with E-state index in [0.29, 0.717) is 17.9 Å². The highest BCUT2D eigenvalue weighted by molar-refractivity contribution is 5.92. The van der Waals surface area contributed by atoms with Gasteiger partial charge in [0, 0.05) is 5.57 Å². The van der Waals surface area contributed by atoms with Gasteiger partial charge in [0.1, 0.15) is 0 Å². The van der Waals surface area contributed by atoms with Crippen LogP contribution in [0.5, 0.6) is 0 Å². The fourth-order valence-corrected chi connectivity index (χ4v) is 1.57. The van der Waals surface area contributed by atoms with Crippen LogP contribution in [0.1, 0.15) is 19.5 Å². The number of para-hydroxylation sites is 2. The molecule has 0 bridgehead atoms. The van der Waals surface area contributed by atoms with Crippen molar-refractivity contribution in [2.45, 2.75) is 13.8 Å². The Labute approximate surface area is 105 Å². The molecule has 2 rings (SSSR count). The fraction of sp³-hybridized carbons (Fsp3) is 0.214. The summed E-state index contributed by atoms with van der Waals surface area (Å²) in [4.78, 5) is 20.2. The first-order valence-electron chi connectivity index (χ1n) is 5.78. The summed E-state index contributed by atoms with van der Waals surface area (Å²) >= 11 is 0. The van der Waals surface area contributed by atoms with Gasteiger partial charge in [-0.15, -0.1) is 0 Å². The average Bonchev–Trinajstić information content (AvgIpc) is 2.39. The van der Waals surface area contributed by atoms with Gasteiger partial charge < -0.3 is 4.74 Å². The van der Waals surface area contributed by atoms with Crippen molar-refractivity contribution in [3.63, 3.8) is 0 Å². The maximum absolute atomic E-state index is 11.5. The Bertz CT molecular complexity index is 606. The lowest BCUT2D eigenvalue weighted by atomic mass is 10.2. The quantitative estimate of drug-likeness (QED) is 0.613. The average molecular weight is 242 g/mol. The van der Waals surface area contributed by atoms with E-state index in [4.69, 9.17) is 4.74 Å². The zero-order valence-electron chi connectivity index (χ0n) is 10.4. The first-order chi connectivity index (χ1) is 8.70. The van der Waals surface area contributed by atoms with Crippen LogP contribution in [0.3, 0.4) is 0 Å². The molecule has 4 nitrogen and oxygen atoms in total. The SMILES string of the molecule is CCOC(=O)/C(C)=C/c1cnc2ccccc2n1. The van der Waals surface area contributed by atoms with Gasteiger partial charge in [-0.25, -0.2) is 9.78 Å². The van der Waals surface area contributed by atoms with E-state index >= 15 is 0 Å². The Hall–Kier alpha value is -2.23. The van der Waals surface area contributed by atoms with Crippen molar-refractivity contribution in [2.75, 3.05) is 6.61 Å². The standard InChI is InChI=1S/C14H14N2O2/c1-3-18-14(17)10(2)8-11-9-15-12-6-4-5-7-13(12)16-11/h4-9H,3H2,1-2H3/b10-8+. The van der Waals surface area contributed by atoms with Gasteiger partial charge in [0.05, 0.1) is 29.5 Å². The first kappa shape index (κ1) is 12.2. The molecule has 18 heavy (non-hydrogen) atoms. The Kier molecular flexibility index (Phi) is 3.67. The molecule has 0 atom stereocenters. The van der Waals surface area contributed by atoms with Crippen molar-refractivity contribution < 1.29 is 9.53 Å². The molecule has 0 amide bonds. The number of carbonyl (C=O) groups excluding carboxylic acids is 1. The van der Waals surface area contributed by atoms with E-state index < -0.39 is 0 Å². The molecule has 92 valence electrons. The van der Waals surface area contributed by atoms with Gasteiger partial charge in [-0.2, -0.15) is 0 Å². The van der Waals surface area contributed by atoms with E-state index in [1.807, 2.05) is 24.3 Å². The molecule has 0 aliphatic rings. The largest absolute Gasteiger partial charge is 0.463 e. The first-order valence-corrected chi connectivity index (χ1v) is 5.78. The monoisotopic (exact) mass is 242 g/mol. The number of carbonyl (C=O) groups is 1. The summed E-state index contributed by atoms with van der Waals surface area (Å²) < 4.78 is 4.91.